The lowest BCUT2D eigenvalue weighted by molar-refractivity contribution is -0.141. The Morgan fingerprint density at radius 2 is 1.72 bits per heavy atom. The molecule has 13 nitrogen and oxygen atoms in total. The van der Waals surface area contributed by atoms with Crippen LogP contribution in [0.4, 0.5) is 19.0 Å². The molecule has 16 heteroatoms. The zero-order chi connectivity index (χ0) is 35.7. The van der Waals surface area contributed by atoms with Gasteiger partial charge in [-0.3, -0.25) is 19.1 Å². The molecular weight excluding hydrogens is 655 g/mol. The molecule has 1 saturated carbocycles. The molecule has 4 aromatic heterocycles. The lowest BCUT2D eigenvalue weighted by Gasteiger charge is -2.27. The molecule has 258 valence electrons. The number of halogens is 3. The Morgan fingerprint density at radius 1 is 0.980 bits per heavy atom. The number of aryl methyl sites for hydroxylation is 4. The smallest absolute Gasteiger partial charge is 0.339 e. The highest BCUT2D eigenvalue weighted by Gasteiger charge is 2.67. The summed E-state index contributed by atoms with van der Waals surface area (Å²) < 4.78 is 47.2. The van der Waals surface area contributed by atoms with E-state index < -0.39 is 35.1 Å². The molecule has 0 bridgehead atoms. The first-order valence-corrected chi connectivity index (χ1v) is 15.9. The molecule has 2 aliphatic rings. The van der Waals surface area contributed by atoms with E-state index in [1.807, 2.05) is 19.1 Å². The lowest BCUT2D eigenvalue weighted by Crippen LogP contribution is -2.47. The van der Waals surface area contributed by atoms with Crippen molar-refractivity contribution in [1.82, 2.24) is 39.8 Å². The number of carbonyl (C=O) groups is 3. The van der Waals surface area contributed by atoms with Crippen molar-refractivity contribution < 1.29 is 32.1 Å². The van der Waals surface area contributed by atoms with Crippen molar-refractivity contribution in [3.63, 3.8) is 0 Å². The van der Waals surface area contributed by atoms with E-state index >= 15 is 0 Å². The van der Waals surface area contributed by atoms with E-state index in [0.29, 0.717) is 46.8 Å². The fourth-order valence-corrected chi connectivity index (χ4v) is 7.01. The van der Waals surface area contributed by atoms with Gasteiger partial charge < -0.3 is 14.7 Å². The van der Waals surface area contributed by atoms with Crippen LogP contribution in [0.25, 0.3) is 22.0 Å². The van der Waals surface area contributed by atoms with E-state index in [1.54, 1.807) is 26.2 Å². The number of fused-ring (bicyclic) bond motifs is 2. The minimum atomic E-state index is -4.71. The monoisotopic (exact) mass is 687 g/mol. The van der Waals surface area contributed by atoms with Crippen molar-refractivity contribution in [2.45, 2.75) is 78.7 Å². The number of carbonyl (C=O) groups excluding carboxylic acids is 3. The molecule has 5 aromatic rings. The zero-order valence-electron chi connectivity index (χ0n) is 27.8. The predicted molar refractivity (Wildman–Crippen MR) is 172 cm³/mol. The van der Waals surface area contributed by atoms with E-state index in [-0.39, 0.29) is 36.3 Å². The predicted octanol–water partition coefficient (Wildman–Crippen LogP) is 4.97. The Kier molecular flexibility index (Phi) is 7.79. The molecule has 0 spiro atoms. The maximum atomic E-state index is 14.3. The number of likely N-dealkylation sites (tertiary alicyclic amines) is 1. The number of anilines is 1. The standard InChI is InChI=1S/C34H32F3N9O4/c1-16-6-7-25(34(35,36)37)41-31(16)42-32(49)24-10-33(12-27-40-20(5)44-50-27)11-26(33)46(24)28(48)15-45-30-17(2)8-21(22-13-38-19(4)39-14-22)9-23(30)29(43-45)18(3)47/h6-9,13-14,24,26H,10-12,15H2,1-5H3,(H,41,42,49)/t24-,26+,33-/m0/s1. The molecule has 7 rings (SSSR count). The average molecular weight is 688 g/mol. The van der Waals surface area contributed by atoms with E-state index in [0.717, 1.165) is 22.8 Å². The minimum Gasteiger partial charge on any atom is -0.339 e. The molecule has 1 aliphatic carbocycles. The molecule has 1 saturated heterocycles. The summed E-state index contributed by atoms with van der Waals surface area (Å²) >= 11 is 0. The third-order valence-corrected chi connectivity index (χ3v) is 9.48. The molecule has 2 amide bonds. The normalized spacial score (nSPS) is 19.9. The molecule has 0 radical (unpaired) electrons. The second kappa shape index (κ2) is 11.8. The number of benzene rings is 1. The van der Waals surface area contributed by atoms with E-state index in [1.165, 1.54) is 29.5 Å². The third kappa shape index (κ3) is 5.87. The van der Waals surface area contributed by atoms with Gasteiger partial charge in [-0.15, -0.1) is 0 Å². The summed E-state index contributed by atoms with van der Waals surface area (Å²) in [6.07, 6.45) is -0.239. The van der Waals surface area contributed by atoms with Gasteiger partial charge in [0.25, 0.3) is 0 Å². The van der Waals surface area contributed by atoms with Crippen LogP contribution in [0.5, 0.6) is 0 Å². The number of amides is 2. The molecule has 0 unspecified atom stereocenters. The Morgan fingerprint density at radius 3 is 2.38 bits per heavy atom. The van der Waals surface area contributed by atoms with Gasteiger partial charge in [-0.05, 0) is 75.4 Å². The highest BCUT2D eigenvalue weighted by atomic mass is 19.4. The number of piperidine rings is 1. The first-order valence-electron chi connectivity index (χ1n) is 15.9. The number of pyridine rings is 1. The van der Waals surface area contributed by atoms with Crippen molar-refractivity contribution in [2.24, 2.45) is 5.41 Å². The quantitative estimate of drug-likeness (QED) is 0.221. The maximum absolute atomic E-state index is 14.3. The van der Waals surface area contributed by atoms with Gasteiger partial charge in [-0.25, -0.2) is 15.0 Å². The summed E-state index contributed by atoms with van der Waals surface area (Å²) in [5.74, 6) is -0.226. The average Bonchev–Trinajstić information content (AvgIpc) is 3.29. The van der Waals surface area contributed by atoms with Crippen molar-refractivity contribution in [2.75, 3.05) is 5.32 Å². The Balaban J connectivity index is 1.22. The number of hydrogen-bond acceptors (Lipinski definition) is 10. The molecule has 1 aromatic carbocycles. The number of Topliss-reactive ketones (excluding diaryl/α,β-unsaturated/α-hetero) is 1. The lowest BCUT2D eigenvalue weighted by atomic mass is 9.95. The molecule has 1 N–H and O–H groups in total. The van der Waals surface area contributed by atoms with Gasteiger partial charge in [0, 0.05) is 48.1 Å². The van der Waals surface area contributed by atoms with Crippen molar-refractivity contribution in [3.05, 3.63) is 76.7 Å². The van der Waals surface area contributed by atoms with Gasteiger partial charge in [0.1, 0.15) is 35.6 Å². The molecule has 50 heavy (non-hydrogen) atoms. The van der Waals surface area contributed by atoms with Crippen LogP contribution in [0.1, 0.15) is 64.6 Å². The number of nitrogens with one attached hydrogen (secondary N) is 1. The van der Waals surface area contributed by atoms with Gasteiger partial charge >= 0.3 is 6.18 Å². The zero-order valence-corrected chi connectivity index (χ0v) is 27.8. The van der Waals surface area contributed by atoms with Crippen LogP contribution >= 0.6 is 0 Å². The van der Waals surface area contributed by atoms with Crippen LogP contribution in [0.2, 0.25) is 0 Å². The second-order valence-electron chi connectivity index (χ2n) is 13.1. The summed E-state index contributed by atoms with van der Waals surface area (Å²) in [6.45, 7) is 7.95. The second-order valence-corrected chi connectivity index (χ2v) is 13.1. The van der Waals surface area contributed by atoms with Crippen molar-refractivity contribution in [3.8, 4) is 11.1 Å². The van der Waals surface area contributed by atoms with Gasteiger partial charge in [0.2, 0.25) is 17.7 Å². The van der Waals surface area contributed by atoms with Crippen molar-refractivity contribution >= 4 is 34.3 Å². The van der Waals surface area contributed by atoms with Crippen LogP contribution in [0, 0.1) is 33.1 Å². The summed E-state index contributed by atoms with van der Waals surface area (Å²) in [5.41, 5.74) is 1.66. The SMILES string of the molecule is CC(=O)c1nn(CC(=O)N2[C@H](C(=O)Nc3nc(C(F)(F)F)ccc3C)C[C@@]3(Cc4nc(C)no4)C[C@@H]23)c2c(C)cc(-c3cnc(C)nc3)cc12. The number of aromatic nitrogens is 7. The van der Waals surface area contributed by atoms with Gasteiger partial charge in [-0.2, -0.15) is 23.3 Å². The largest absolute Gasteiger partial charge is 0.433 e. The maximum Gasteiger partial charge on any atom is 0.433 e. The first-order chi connectivity index (χ1) is 23.6. The van der Waals surface area contributed by atoms with Gasteiger partial charge in [0.15, 0.2) is 11.6 Å². The highest BCUT2D eigenvalue weighted by molar-refractivity contribution is 6.07. The van der Waals surface area contributed by atoms with Gasteiger partial charge in [-0.1, -0.05) is 11.2 Å². The Hall–Kier alpha value is -5.54. The minimum absolute atomic E-state index is 0.181. The van der Waals surface area contributed by atoms with Crippen LogP contribution in [-0.2, 0) is 28.7 Å². The summed E-state index contributed by atoms with van der Waals surface area (Å²) in [4.78, 5) is 58.9. The van der Waals surface area contributed by atoms with Crippen LogP contribution in [0.15, 0.2) is 41.2 Å². The number of ketones is 1. The first kappa shape index (κ1) is 33.0. The van der Waals surface area contributed by atoms with Gasteiger partial charge in [0.05, 0.1) is 5.52 Å². The summed E-state index contributed by atoms with van der Waals surface area (Å²) in [6, 6.07) is 4.37. The molecule has 1 aliphatic heterocycles. The Labute approximate surface area is 283 Å². The molecular formula is C34H32F3N9O4. The summed E-state index contributed by atoms with van der Waals surface area (Å²) in [5, 5.41) is 11.5. The number of rotatable bonds is 8. The molecule has 5 heterocycles. The highest BCUT2D eigenvalue weighted by Crippen LogP contribution is 2.61. The van der Waals surface area contributed by atoms with E-state index in [2.05, 4.69) is 35.5 Å². The number of hydrogen-bond donors (Lipinski definition) is 1. The molecule has 2 fully saturated rings. The topological polar surface area (TPSA) is 162 Å². The Bertz CT molecular complexity index is 2190. The molecule has 3 atom stereocenters. The number of alkyl halides is 3. The fourth-order valence-electron chi connectivity index (χ4n) is 7.01. The van der Waals surface area contributed by atoms with E-state index in [9.17, 15) is 27.6 Å². The van der Waals surface area contributed by atoms with Crippen LogP contribution in [-0.4, -0.2) is 69.5 Å². The fraction of sp³-hybridized carbons (Fsp3) is 0.382. The number of nitrogens with zero attached hydrogens (tertiary/aromatic N) is 8. The van der Waals surface area contributed by atoms with Crippen LogP contribution in [0.3, 0.4) is 0 Å². The third-order valence-electron chi connectivity index (χ3n) is 9.48. The van der Waals surface area contributed by atoms with E-state index in [4.69, 9.17) is 4.52 Å². The van der Waals surface area contributed by atoms with Crippen molar-refractivity contribution in [1.29, 1.82) is 0 Å². The van der Waals surface area contributed by atoms with Crippen LogP contribution < -0.4 is 5.32 Å². The summed E-state index contributed by atoms with van der Waals surface area (Å²) in [7, 11) is 0.